The van der Waals surface area contributed by atoms with E-state index >= 15 is 0 Å². The van der Waals surface area contributed by atoms with Crippen LogP contribution < -0.4 is 5.32 Å². The summed E-state index contributed by atoms with van der Waals surface area (Å²) in [6, 6.07) is 0.220. The van der Waals surface area contributed by atoms with E-state index in [4.69, 9.17) is 5.41 Å². The van der Waals surface area contributed by atoms with Crippen molar-refractivity contribution in [3.05, 3.63) is 18.2 Å². The molecule has 4 N–H and O–H groups in total. The maximum atomic E-state index is 9.61. The van der Waals surface area contributed by atoms with Crippen LogP contribution in [0.4, 0.5) is 0 Å². The minimum atomic E-state index is -0.617. The Hall–Kier alpha value is -1.36. The predicted molar refractivity (Wildman–Crippen MR) is 61.3 cm³/mol. The smallest absolute Gasteiger partial charge is 0.123 e. The first-order valence-electron chi connectivity index (χ1n) is 5.70. The second-order valence-electron chi connectivity index (χ2n) is 4.40. The molecule has 16 heavy (non-hydrogen) atoms. The number of hydrogen-bond donors (Lipinski definition) is 4. The number of aromatic nitrogens is 2. The molecule has 2 heterocycles. The molecule has 1 aromatic heterocycles. The molecule has 0 amide bonds. The molecule has 0 bridgehead atoms. The highest BCUT2D eigenvalue weighted by Gasteiger charge is 2.34. The van der Waals surface area contributed by atoms with Crippen LogP contribution in [0.2, 0.25) is 0 Å². The molecule has 0 radical (unpaired) electrons. The van der Waals surface area contributed by atoms with Crippen molar-refractivity contribution in [1.82, 2.24) is 15.3 Å². The van der Waals surface area contributed by atoms with Gasteiger partial charge >= 0.3 is 0 Å². The second-order valence-corrected chi connectivity index (χ2v) is 4.40. The van der Waals surface area contributed by atoms with E-state index in [2.05, 4.69) is 15.3 Å². The van der Waals surface area contributed by atoms with Crippen molar-refractivity contribution < 1.29 is 5.11 Å². The second kappa shape index (κ2) is 4.65. The van der Waals surface area contributed by atoms with Gasteiger partial charge in [0.1, 0.15) is 17.8 Å². The Balaban J connectivity index is 1.76. The molecule has 0 aliphatic carbocycles. The molecule has 88 valence electrons. The highest BCUT2D eigenvalue weighted by Crippen LogP contribution is 2.20. The lowest BCUT2D eigenvalue weighted by atomic mass is 9.96. The summed E-state index contributed by atoms with van der Waals surface area (Å²) in [7, 11) is 0. The van der Waals surface area contributed by atoms with Crippen LogP contribution in [0.15, 0.2) is 12.4 Å². The maximum Gasteiger partial charge on any atom is 0.123 e. The van der Waals surface area contributed by atoms with Crippen molar-refractivity contribution in [3.8, 4) is 0 Å². The summed E-state index contributed by atoms with van der Waals surface area (Å²) in [5, 5.41) is 20.2. The molecule has 3 atom stereocenters. The standard InChI is InChI=1S/C11H18N4O/c1-7-8(15-11(12)10(7)16)3-2-4-9-13-5-6-14-9/h5-8,10,16H,2-4H2,1H3,(H2,12,15)(H,13,14). The number of aliphatic hydroxyl groups excluding tert-OH is 1. The SMILES string of the molecule is CC1C(CCCc2ncc[nH]2)NC(=N)C1O. The number of rotatable bonds is 4. The van der Waals surface area contributed by atoms with Crippen LogP contribution in [-0.4, -0.2) is 33.1 Å². The number of hydrogen-bond acceptors (Lipinski definition) is 3. The number of aromatic amines is 1. The van der Waals surface area contributed by atoms with Gasteiger partial charge in [-0.2, -0.15) is 0 Å². The molecule has 1 aromatic rings. The fraction of sp³-hybridized carbons (Fsp3) is 0.636. The molecule has 0 aromatic carbocycles. The number of nitrogens with zero attached hydrogens (tertiary/aromatic N) is 1. The van der Waals surface area contributed by atoms with Gasteiger partial charge in [0.2, 0.25) is 0 Å². The third-order valence-corrected chi connectivity index (χ3v) is 3.25. The van der Waals surface area contributed by atoms with Crippen molar-refractivity contribution in [2.24, 2.45) is 5.92 Å². The van der Waals surface area contributed by atoms with Gasteiger partial charge in [-0.05, 0) is 12.8 Å². The average Bonchev–Trinajstić information content (AvgIpc) is 2.85. The first-order valence-corrected chi connectivity index (χ1v) is 5.70. The molecule has 0 spiro atoms. The van der Waals surface area contributed by atoms with Crippen LogP contribution in [0.25, 0.3) is 0 Å². The first kappa shape index (κ1) is 11.1. The van der Waals surface area contributed by atoms with Gasteiger partial charge in [-0.15, -0.1) is 0 Å². The van der Waals surface area contributed by atoms with Gasteiger partial charge in [0.15, 0.2) is 0 Å². The third kappa shape index (κ3) is 2.24. The molecule has 3 unspecified atom stereocenters. The van der Waals surface area contributed by atoms with Crippen LogP contribution in [0, 0.1) is 11.3 Å². The van der Waals surface area contributed by atoms with Crippen LogP contribution in [0.1, 0.15) is 25.6 Å². The topological polar surface area (TPSA) is 84.8 Å². The van der Waals surface area contributed by atoms with E-state index < -0.39 is 6.10 Å². The van der Waals surface area contributed by atoms with E-state index in [1.807, 2.05) is 13.1 Å². The third-order valence-electron chi connectivity index (χ3n) is 3.25. The number of H-pyrrole nitrogens is 1. The molecular formula is C11H18N4O. The largest absolute Gasteiger partial charge is 0.385 e. The number of aliphatic hydroxyl groups is 1. The summed E-state index contributed by atoms with van der Waals surface area (Å²) in [5.74, 6) is 1.39. The summed E-state index contributed by atoms with van der Waals surface area (Å²) in [5.41, 5.74) is 0. The monoisotopic (exact) mass is 222 g/mol. The molecule has 5 nitrogen and oxygen atoms in total. The Morgan fingerprint density at radius 3 is 2.94 bits per heavy atom. The molecule has 1 aliphatic heterocycles. The summed E-state index contributed by atoms with van der Waals surface area (Å²) in [4.78, 5) is 7.23. The predicted octanol–water partition coefficient (Wildman–Crippen LogP) is 0.678. The van der Waals surface area contributed by atoms with Crippen LogP contribution in [0.3, 0.4) is 0 Å². The summed E-state index contributed by atoms with van der Waals surface area (Å²) >= 11 is 0. The van der Waals surface area contributed by atoms with Crippen LogP contribution in [0.5, 0.6) is 0 Å². The number of nitrogens with one attached hydrogen (secondary N) is 3. The van der Waals surface area contributed by atoms with Crippen LogP contribution >= 0.6 is 0 Å². The fourth-order valence-electron chi connectivity index (χ4n) is 2.16. The van der Waals surface area contributed by atoms with E-state index in [0.29, 0.717) is 0 Å². The zero-order valence-corrected chi connectivity index (χ0v) is 9.40. The number of amidine groups is 1. The molecule has 2 rings (SSSR count). The first-order chi connectivity index (χ1) is 7.68. The van der Waals surface area contributed by atoms with Crippen molar-refractivity contribution in [1.29, 1.82) is 5.41 Å². The van der Waals surface area contributed by atoms with Gasteiger partial charge < -0.3 is 15.4 Å². The molecule has 0 saturated carbocycles. The van der Waals surface area contributed by atoms with Gasteiger partial charge in [0, 0.05) is 30.8 Å². The highest BCUT2D eigenvalue weighted by atomic mass is 16.3. The number of imidazole rings is 1. The molecule has 1 fully saturated rings. The normalized spacial score (nSPS) is 29.4. The lowest BCUT2D eigenvalue weighted by Crippen LogP contribution is -2.27. The molecule has 1 aliphatic rings. The maximum absolute atomic E-state index is 9.61. The minimum absolute atomic E-state index is 0.129. The van der Waals surface area contributed by atoms with Crippen molar-refractivity contribution in [3.63, 3.8) is 0 Å². The minimum Gasteiger partial charge on any atom is -0.385 e. The summed E-state index contributed by atoms with van der Waals surface area (Å²) < 4.78 is 0. The average molecular weight is 222 g/mol. The van der Waals surface area contributed by atoms with Crippen LogP contribution in [-0.2, 0) is 6.42 Å². The van der Waals surface area contributed by atoms with Gasteiger partial charge in [-0.3, -0.25) is 5.41 Å². The zero-order valence-electron chi connectivity index (χ0n) is 9.40. The Labute approximate surface area is 94.8 Å². The summed E-state index contributed by atoms with van der Waals surface area (Å²) in [6.45, 7) is 1.98. The molecular weight excluding hydrogens is 204 g/mol. The Kier molecular flexibility index (Phi) is 3.24. The van der Waals surface area contributed by atoms with E-state index in [9.17, 15) is 5.11 Å². The quantitative estimate of drug-likeness (QED) is 0.604. The van der Waals surface area contributed by atoms with E-state index in [0.717, 1.165) is 25.1 Å². The van der Waals surface area contributed by atoms with Gasteiger partial charge in [-0.1, -0.05) is 6.92 Å². The zero-order chi connectivity index (χ0) is 11.5. The van der Waals surface area contributed by atoms with Crippen molar-refractivity contribution in [2.75, 3.05) is 0 Å². The lowest BCUT2D eigenvalue weighted by molar-refractivity contribution is 0.179. The van der Waals surface area contributed by atoms with E-state index in [-0.39, 0.29) is 17.8 Å². The lowest BCUT2D eigenvalue weighted by Gasteiger charge is -2.15. The van der Waals surface area contributed by atoms with Crippen molar-refractivity contribution >= 4 is 5.84 Å². The van der Waals surface area contributed by atoms with Gasteiger partial charge in [-0.25, -0.2) is 4.98 Å². The van der Waals surface area contributed by atoms with E-state index in [1.54, 1.807) is 6.20 Å². The van der Waals surface area contributed by atoms with Gasteiger partial charge in [0.25, 0.3) is 0 Å². The Morgan fingerprint density at radius 2 is 2.38 bits per heavy atom. The fourth-order valence-corrected chi connectivity index (χ4v) is 2.16. The van der Waals surface area contributed by atoms with Gasteiger partial charge in [0.05, 0.1) is 0 Å². The Bertz CT molecular complexity index is 349. The van der Waals surface area contributed by atoms with E-state index in [1.165, 1.54) is 0 Å². The van der Waals surface area contributed by atoms with Crippen molar-refractivity contribution in [2.45, 2.75) is 38.3 Å². The summed E-state index contributed by atoms with van der Waals surface area (Å²) in [6.07, 6.45) is 5.85. The molecule has 5 heteroatoms. The Morgan fingerprint density at radius 1 is 1.56 bits per heavy atom. The number of aryl methyl sites for hydroxylation is 1. The highest BCUT2D eigenvalue weighted by molar-refractivity contribution is 5.86. The molecule has 1 saturated heterocycles.